The standard InChI is InChI=1S/C14H19N3OS/c1-3-4-9-15-13(18)10-19-14-16-11-7-5-6-8-12(11)17(14)2/h5-8H,3-4,9-10H2,1-2H3,(H,15,18). The number of hydrogen-bond acceptors (Lipinski definition) is 3. The first-order valence-electron chi connectivity index (χ1n) is 6.53. The smallest absolute Gasteiger partial charge is 0.230 e. The normalized spacial score (nSPS) is 10.8. The zero-order valence-electron chi connectivity index (χ0n) is 11.3. The SMILES string of the molecule is CCCCNC(=O)CSc1nc2ccccc2n1C. The highest BCUT2D eigenvalue weighted by atomic mass is 32.2. The first kappa shape index (κ1) is 13.9. The van der Waals surface area contributed by atoms with Crippen molar-refractivity contribution in [2.24, 2.45) is 7.05 Å². The van der Waals surface area contributed by atoms with Crippen LogP contribution in [-0.4, -0.2) is 27.8 Å². The number of nitrogens with zero attached hydrogens (tertiary/aromatic N) is 2. The zero-order valence-corrected chi connectivity index (χ0v) is 12.2. The fourth-order valence-corrected chi connectivity index (χ4v) is 2.66. The van der Waals surface area contributed by atoms with E-state index in [-0.39, 0.29) is 5.91 Å². The number of aromatic nitrogens is 2. The van der Waals surface area contributed by atoms with Crippen molar-refractivity contribution in [3.63, 3.8) is 0 Å². The van der Waals surface area contributed by atoms with Crippen LogP contribution in [0.25, 0.3) is 11.0 Å². The third-order valence-corrected chi connectivity index (χ3v) is 3.96. The Bertz CT molecular complexity index is 565. The van der Waals surface area contributed by atoms with E-state index in [1.807, 2.05) is 35.9 Å². The molecule has 0 fully saturated rings. The molecule has 0 atom stereocenters. The van der Waals surface area contributed by atoms with Crippen molar-refractivity contribution in [1.29, 1.82) is 0 Å². The number of aryl methyl sites for hydroxylation is 1. The van der Waals surface area contributed by atoms with Crippen LogP contribution in [-0.2, 0) is 11.8 Å². The van der Waals surface area contributed by atoms with Crippen LogP contribution in [0, 0.1) is 0 Å². The van der Waals surface area contributed by atoms with Gasteiger partial charge in [-0.05, 0) is 18.6 Å². The van der Waals surface area contributed by atoms with Crippen LogP contribution < -0.4 is 5.32 Å². The molecule has 0 radical (unpaired) electrons. The highest BCUT2D eigenvalue weighted by molar-refractivity contribution is 7.99. The number of hydrogen-bond donors (Lipinski definition) is 1. The van der Waals surface area contributed by atoms with Crippen LogP contribution in [0.3, 0.4) is 0 Å². The van der Waals surface area contributed by atoms with Crippen molar-refractivity contribution in [3.8, 4) is 0 Å². The van der Waals surface area contributed by atoms with Gasteiger partial charge in [-0.1, -0.05) is 37.2 Å². The summed E-state index contributed by atoms with van der Waals surface area (Å²) in [5.41, 5.74) is 2.07. The molecule has 0 spiro atoms. The van der Waals surface area contributed by atoms with E-state index in [0.717, 1.165) is 35.6 Å². The Balaban J connectivity index is 1.94. The average Bonchev–Trinajstić information content (AvgIpc) is 2.74. The summed E-state index contributed by atoms with van der Waals surface area (Å²) in [5.74, 6) is 0.492. The molecule has 5 heteroatoms. The molecule has 1 aromatic carbocycles. The number of carbonyl (C=O) groups excluding carboxylic acids is 1. The molecule has 2 aromatic rings. The molecule has 1 N–H and O–H groups in total. The van der Waals surface area contributed by atoms with Crippen LogP contribution in [0.4, 0.5) is 0 Å². The summed E-state index contributed by atoms with van der Waals surface area (Å²) >= 11 is 1.48. The van der Waals surface area contributed by atoms with Crippen LogP contribution in [0.2, 0.25) is 0 Å². The second-order valence-corrected chi connectivity index (χ2v) is 5.38. The number of nitrogens with one attached hydrogen (secondary N) is 1. The molecule has 0 unspecified atom stereocenters. The van der Waals surface area contributed by atoms with E-state index in [4.69, 9.17) is 0 Å². The van der Waals surface area contributed by atoms with Gasteiger partial charge in [-0.25, -0.2) is 4.98 Å². The van der Waals surface area contributed by atoms with E-state index in [2.05, 4.69) is 17.2 Å². The summed E-state index contributed by atoms with van der Waals surface area (Å²) in [7, 11) is 1.98. The lowest BCUT2D eigenvalue weighted by Gasteiger charge is -2.04. The third-order valence-electron chi connectivity index (χ3n) is 2.93. The summed E-state index contributed by atoms with van der Waals surface area (Å²) in [6.07, 6.45) is 2.13. The Morgan fingerprint density at radius 1 is 1.42 bits per heavy atom. The molecule has 0 bridgehead atoms. The van der Waals surface area contributed by atoms with E-state index in [9.17, 15) is 4.79 Å². The van der Waals surface area contributed by atoms with Gasteiger partial charge >= 0.3 is 0 Å². The number of benzene rings is 1. The molecular weight excluding hydrogens is 258 g/mol. The molecule has 19 heavy (non-hydrogen) atoms. The number of para-hydroxylation sites is 2. The first-order chi connectivity index (χ1) is 9.22. The zero-order chi connectivity index (χ0) is 13.7. The number of rotatable bonds is 6. The predicted octanol–water partition coefficient (Wildman–Crippen LogP) is 2.58. The van der Waals surface area contributed by atoms with Gasteiger partial charge in [0.15, 0.2) is 5.16 Å². The molecule has 0 aliphatic rings. The average molecular weight is 277 g/mol. The van der Waals surface area contributed by atoms with Gasteiger partial charge in [-0.15, -0.1) is 0 Å². The van der Waals surface area contributed by atoms with E-state index in [1.165, 1.54) is 11.8 Å². The van der Waals surface area contributed by atoms with Crippen LogP contribution in [0.1, 0.15) is 19.8 Å². The Kier molecular flexibility index (Phi) is 4.85. The quantitative estimate of drug-likeness (QED) is 0.652. The lowest BCUT2D eigenvalue weighted by molar-refractivity contribution is -0.118. The molecule has 0 saturated carbocycles. The lowest BCUT2D eigenvalue weighted by atomic mass is 10.3. The summed E-state index contributed by atoms with van der Waals surface area (Å²) in [6.45, 7) is 2.87. The van der Waals surface area contributed by atoms with Crippen molar-refractivity contribution in [2.45, 2.75) is 24.9 Å². The topological polar surface area (TPSA) is 46.9 Å². The minimum Gasteiger partial charge on any atom is -0.355 e. The van der Waals surface area contributed by atoms with Crippen molar-refractivity contribution < 1.29 is 4.79 Å². The maximum atomic E-state index is 11.6. The number of thioether (sulfide) groups is 1. The molecule has 102 valence electrons. The summed E-state index contributed by atoms with van der Waals surface area (Å²) < 4.78 is 2.03. The molecular formula is C14H19N3OS. The van der Waals surface area contributed by atoms with Gasteiger partial charge in [-0.3, -0.25) is 4.79 Å². The lowest BCUT2D eigenvalue weighted by Crippen LogP contribution is -2.26. The fourth-order valence-electron chi connectivity index (χ4n) is 1.84. The Hall–Kier alpha value is -1.49. The van der Waals surface area contributed by atoms with Gasteiger partial charge in [-0.2, -0.15) is 0 Å². The monoisotopic (exact) mass is 277 g/mol. The van der Waals surface area contributed by atoms with Crippen LogP contribution >= 0.6 is 11.8 Å². The van der Waals surface area contributed by atoms with Crippen molar-refractivity contribution in [1.82, 2.24) is 14.9 Å². The highest BCUT2D eigenvalue weighted by Crippen LogP contribution is 2.22. The van der Waals surface area contributed by atoms with Crippen molar-refractivity contribution in [3.05, 3.63) is 24.3 Å². The van der Waals surface area contributed by atoms with E-state index in [1.54, 1.807) is 0 Å². The summed E-state index contributed by atoms with van der Waals surface area (Å²) in [4.78, 5) is 16.2. The maximum Gasteiger partial charge on any atom is 0.230 e. The molecule has 2 rings (SSSR count). The molecule has 4 nitrogen and oxygen atoms in total. The number of amides is 1. The number of imidazole rings is 1. The molecule has 0 aliphatic heterocycles. The van der Waals surface area contributed by atoms with E-state index < -0.39 is 0 Å². The largest absolute Gasteiger partial charge is 0.355 e. The molecule has 1 heterocycles. The van der Waals surface area contributed by atoms with Crippen LogP contribution in [0.15, 0.2) is 29.4 Å². The second kappa shape index (κ2) is 6.61. The highest BCUT2D eigenvalue weighted by Gasteiger charge is 2.09. The Morgan fingerprint density at radius 3 is 2.95 bits per heavy atom. The minimum absolute atomic E-state index is 0.0745. The summed E-state index contributed by atoms with van der Waals surface area (Å²) in [6, 6.07) is 7.99. The Morgan fingerprint density at radius 2 is 2.21 bits per heavy atom. The van der Waals surface area contributed by atoms with E-state index >= 15 is 0 Å². The van der Waals surface area contributed by atoms with Crippen molar-refractivity contribution in [2.75, 3.05) is 12.3 Å². The third kappa shape index (κ3) is 3.50. The second-order valence-electron chi connectivity index (χ2n) is 4.43. The number of carbonyl (C=O) groups is 1. The van der Waals surface area contributed by atoms with Gasteiger partial charge in [0.1, 0.15) is 0 Å². The first-order valence-corrected chi connectivity index (χ1v) is 7.52. The molecule has 1 aromatic heterocycles. The van der Waals surface area contributed by atoms with Gasteiger partial charge in [0.05, 0.1) is 16.8 Å². The van der Waals surface area contributed by atoms with Gasteiger partial charge in [0, 0.05) is 13.6 Å². The van der Waals surface area contributed by atoms with E-state index in [0.29, 0.717) is 5.75 Å². The maximum absolute atomic E-state index is 11.6. The van der Waals surface area contributed by atoms with Crippen LogP contribution in [0.5, 0.6) is 0 Å². The minimum atomic E-state index is 0.0745. The van der Waals surface area contributed by atoms with Gasteiger partial charge in [0.25, 0.3) is 0 Å². The summed E-state index contributed by atoms with van der Waals surface area (Å²) in [5, 5.41) is 3.79. The van der Waals surface area contributed by atoms with Gasteiger partial charge < -0.3 is 9.88 Å². The van der Waals surface area contributed by atoms with Crippen molar-refractivity contribution >= 4 is 28.7 Å². The Labute approximate surface area is 117 Å². The molecule has 1 amide bonds. The molecule has 0 aliphatic carbocycles. The predicted molar refractivity (Wildman–Crippen MR) is 79.4 cm³/mol. The molecule has 0 saturated heterocycles. The fraction of sp³-hybridized carbons (Fsp3) is 0.429. The number of unbranched alkanes of at least 4 members (excludes halogenated alkanes) is 1. The number of fused-ring (bicyclic) bond motifs is 1. The van der Waals surface area contributed by atoms with Gasteiger partial charge in [0.2, 0.25) is 5.91 Å².